The molecular formula is C19H21FO4. The van der Waals surface area contributed by atoms with Crippen LogP contribution in [0.4, 0.5) is 4.39 Å². The van der Waals surface area contributed by atoms with Crippen LogP contribution in [0.15, 0.2) is 36.4 Å². The first kappa shape index (κ1) is 16.7. The summed E-state index contributed by atoms with van der Waals surface area (Å²) < 4.78 is 18.7. The molecule has 3 N–H and O–H groups in total. The van der Waals surface area contributed by atoms with Crippen LogP contribution in [0.3, 0.4) is 0 Å². The summed E-state index contributed by atoms with van der Waals surface area (Å²) in [5.41, 5.74) is 1.99. The van der Waals surface area contributed by atoms with Crippen LogP contribution in [0, 0.1) is 5.82 Å². The van der Waals surface area contributed by atoms with Crippen LogP contribution in [-0.4, -0.2) is 28.0 Å². The zero-order chi connectivity index (χ0) is 17.1. The molecule has 2 atom stereocenters. The third-order valence-electron chi connectivity index (χ3n) is 4.39. The second kappa shape index (κ2) is 7.20. The Bertz CT molecular complexity index is 676. The van der Waals surface area contributed by atoms with Gasteiger partial charge in [-0.3, -0.25) is 0 Å². The van der Waals surface area contributed by atoms with Crippen LogP contribution in [0.2, 0.25) is 0 Å². The van der Waals surface area contributed by atoms with E-state index in [1.807, 2.05) is 0 Å². The van der Waals surface area contributed by atoms with E-state index in [1.54, 1.807) is 24.3 Å². The predicted octanol–water partition coefficient (Wildman–Crippen LogP) is 3.43. The molecule has 4 nitrogen and oxygen atoms in total. The molecule has 1 aliphatic rings. The number of hydrogen-bond donors (Lipinski definition) is 3. The largest absolute Gasteiger partial charge is 0.507 e. The van der Waals surface area contributed by atoms with Gasteiger partial charge in [0.25, 0.3) is 0 Å². The van der Waals surface area contributed by atoms with Crippen molar-refractivity contribution < 1.29 is 24.4 Å². The maximum atomic E-state index is 13.0. The van der Waals surface area contributed by atoms with E-state index in [9.17, 15) is 19.7 Å². The minimum atomic E-state index is -0.421. The summed E-state index contributed by atoms with van der Waals surface area (Å²) in [4.78, 5) is 0. The second-order valence-electron chi connectivity index (χ2n) is 6.21. The zero-order valence-electron chi connectivity index (χ0n) is 13.3. The molecule has 0 aromatic heterocycles. The number of hydrogen-bond acceptors (Lipinski definition) is 4. The van der Waals surface area contributed by atoms with Crippen LogP contribution in [-0.2, 0) is 11.2 Å². The van der Waals surface area contributed by atoms with E-state index < -0.39 is 6.10 Å². The first-order chi connectivity index (χ1) is 11.6. The molecule has 1 saturated heterocycles. The van der Waals surface area contributed by atoms with Crippen molar-refractivity contribution in [2.45, 2.75) is 37.9 Å². The maximum absolute atomic E-state index is 13.0. The van der Waals surface area contributed by atoms with Gasteiger partial charge in [-0.25, -0.2) is 4.39 Å². The highest BCUT2D eigenvalue weighted by atomic mass is 19.1. The van der Waals surface area contributed by atoms with E-state index in [4.69, 9.17) is 4.74 Å². The van der Waals surface area contributed by atoms with Gasteiger partial charge in [0.15, 0.2) is 0 Å². The van der Waals surface area contributed by atoms with Crippen LogP contribution in [0.5, 0.6) is 11.5 Å². The predicted molar refractivity (Wildman–Crippen MR) is 87.5 cm³/mol. The first-order valence-corrected chi connectivity index (χ1v) is 8.12. The molecule has 0 radical (unpaired) electrons. The van der Waals surface area contributed by atoms with Crippen LogP contribution in [0.1, 0.15) is 42.1 Å². The fraction of sp³-hybridized carbons (Fsp3) is 0.368. The number of aliphatic hydroxyl groups excluding tert-OH is 1. The molecule has 2 aromatic rings. The van der Waals surface area contributed by atoms with Crippen molar-refractivity contribution in [1.29, 1.82) is 0 Å². The third-order valence-corrected chi connectivity index (χ3v) is 4.39. The Hall–Kier alpha value is -2.11. The van der Waals surface area contributed by atoms with Gasteiger partial charge in [0.2, 0.25) is 0 Å². The van der Waals surface area contributed by atoms with E-state index in [-0.39, 0.29) is 30.0 Å². The summed E-state index contributed by atoms with van der Waals surface area (Å²) >= 11 is 0. The molecule has 1 heterocycles. The molecule has 0 amide bonds. The molecule has 2 aromatic carbocycles. The van der Waals surface area contributed by atoms with Gasteiger partial charge >= 0.3 is 0 Å². The summed E-state index contributed by atoms with van der Waals surface area (Å²) in [6.07, 6.45) is 2.13. The smallest absolute Gasteiger partial charge is 0.125 e. The van der Waals surface area contributed by atoms with Crippen molar-refractivity contribution in [1.82, 2.24) is 0 Å². The maximum Gasteiger partial charge on any atom is 0.125 e. The highest BCUT2D eigenvalue weighted by Crippen LogP contribution is 2.41. The molecule has 1 aliphatic heterocycles. The van der Waals surface area contributed by atoms with Gasteiger partial charge in [-0.1, -0.05) is 12.1 Å². The van der Waals surface area contributed by atoms with Crippen molar-refractivity contribution in [3.8, 4) is 11.5 Å². The number of phenolic OH excluding ortho intramolecular Hbond substituents is 2. The average Bonchev–Trinajstić information content (AvgIpc) is 2.56. The van der Waals surface area contributed by atoms with E-state index in [0.29, 0.717) is 18.4 Å². The topological polar surface area (TPSA) is 69.9 Å². The van der Waals surface area contributed by atoms with Gasteiger partial charge in [0.05, 0.1) is 24.4 Å². The van der Waals surface area contributed by atoms with Gasteiger partial charge < -0.3 is 20.1 Å². The number of benzene rings is 2. The van der Waals surface area contributed by atoms with Crippen molar-refractivity contribution >= 4 is 0 Å². The lowest BCUT2D eigenvalue weighted by Crippen LogP contribution is -2.25. The second-order valence-corrected chi connectivity index (χ2v) is 6.21. The first-order valence-electron chi connectivity index (χ1n) is 8.12. The minimum Gasteiger partial charge on any atom is -0.507 e. The third kappa shape index (κ3) is 3.68. The number of halogens is 1. The molecule has 24 heavy (non-hydrogen) atoms. The molecule has 128 valence electrons. The summed E-state index contributed by atoms with van der Waals surface area (Å²) in [6, 6.07) is 9.32. The Kier molecular flexibility index (Phi) is 5.02. The molecule has 2 unspecified atom stereocenters. The molecule has 0 aliphatic carbocycles. The van der Waals surface area contributed by atoms with Gasteiger partial charge in [-0.15, -0.1) is 0 Å². The van der Waals surface area contributed by atoms with Crippen LogP contribution >= 0.6 is 0 Å². The highest BCUT2D eigenvalue weighted by Gasteiger charge is 2.27. The number of phenols is 2. The Labute approximate surface area is 140 Å². The van der Waals surface area contributed by atoms with E-state index in [1.165, 1.54) is 12.1 Å². The Morgan fingerprint density at radius 1 is 1.00 bits per heavy atom. The SMILES string of the molecule is OCC1CCCC(c2c(O)cc(Cc3ccc(F)cc3)cc2O)O1. The average molecular weight is 332 g/mol. The van der Waals surface area contributed by atoms with Crippen LogP contribution < -0.4 is 0 Å². The summed E-state index contributed by atoms with van der Waals surface area (Å²) in [7, 11) is 0. The fourth-order valence-electron chi connectivity index (χ4n) is 3.20. The van der Waals surface area contributed by atoms with E-state index in [2.05, 4.69) is 0 Å². The summed E-state index contributed by atoms with van der Waals surface area (Å²) in [6.45, 7) is -0.0688. The Morgan fingerprint density at radius 2 is 1.67 bits per heavy atom. The normalized spacial score (nSPS) is 20.9. The van der Waals surface area contributed by atoms with Crippen molar-refractivity contribution in [2.24, 2.45) is 0 Å². The van der Waals surface area contributed by atoms with Gasteiger partial charge in [-0.2, -0.15) is 0 Å². The number of rotatable bonds is 4. The molecule has 0 bridgehead atoms. The Morgan fingerprint density at radius 3 is 2.29 bits per heavy atom. The standard InChI is InChI=1S/C19H21FO4/c20-14-6-4-12(5-7-14)8-13-9-16(22)19(17(23)10-13)18-3-1-2-15(11-21)24-18/h4-7,9-10,15,18,21-23H,1-3,8,11H2. The quantitative estimate of drug-likeness (QED) is 0.802. The molecule has 0 spiro atoms. The van der Waals surface area contributed by atoms with Gasteiger partial charge in [0.1, 0.15) is 17.3 Å². The van der Waals surface area contributed by atoms with E-state index >= 15 is 0 Å². The van der Waals surface area contributed by atoms with Crippen molar-refractivity contribution in [2.75, 3.05) is 6.61 Å². The lowest BCUT2D eigenvalue weighted by atomic mass is 9.94. The van der Waals surface area contributed by atoms with Gasteiger partial charge in [-0.05, 0) is 61.1 Å². The molecular weight excluding hydrogens is 311 g/mol. The lowest BCUT2D eigenvalue weighted by Gasteiger charge is -2.30. The molecule has 5 heteroatoms. The zero-order valence-corrected chi connectivity index (χ0v) is 13.3. The monoisotopic (exact) mass is 332 g/mol. The molecule has 0 saturated carbocycles. The fourth-order valence-corrected chi connectivity index (χ4v) is 3.20. The van der Waals surface area contributed by atoms with Gasteiger partial charge in [0, 0.05) is 0 Å². The Balaban J connectivity index is 1.81. The summed E-state index contributed by atoms with van der Waals surface area (Å²) in [5.74, 6) is -0.334. The number of aromatic hydroxyl groups is 2. The highest BCUT2D eigenvalue weighted by molar-refractivity contribution is 5.49. The van der Waals surface area contributed by atoms with E-state index in [0.717, 1.165) is 24.0 Å². The minimum absolute atomic E-state index is 0.0179. The van der Waals surface area contributed by atoms with Crippen molar-refractivity contribution in [3.63, 3.8) is 0 Å². The summed E-state index contributed by atoms with van der Waals surface area (Å²) in [5, 5.41) is 29.9. The van der Waals surface area contributed by atoms with Crippen molar-refractivity contribution in [3.05, 3.63) is 58.9 Å². The number of aliphatic hydroxyl groups is 1. The molecule has 1 fully saturated rings. The number of ether oxygens (including phenoxy) is 1. The van der Waals surface area contributed by atoms with Crippen LogP contribution in [0.25, 0.3) is 0 Å². The lowest BCUT2D eigenvalue weighted by molar-refractivity contribution is -0.0750. The molecule has 3 rings (SSSR count).